The molecule has 0 amide bonds. The molecule has 0 heterocycles. The Morgan fingerprint density at radius 2 is 1.22 bits per heavy atom. The lowest BCUT2D eigenvalue weighted by Crippen LogP contribution is -2.31. The average Bonchev–Trinajstić information content (AvgIpc) is 3.11. The zero-order valence-corrected chi connectivity index (χ0v) is 26.8. The fourth-order valence-electron chi connectivity index (χ4n) is 4.41. The fourth-order valence-corrected chi connectivity index (χ4v) is 4.41. The van der Waals surface area contributed by atoms with E-state index < -0.39 is 24.1 Å². The van der Waals surface area contributed by atoms with Crippen LogP contribution < -0.4 is 14.2 Å². The Hall–Kier alpha value is -6.20. The summed E-state index contributed by atoms with van der Waals surface area (Å²) in [6.45, 7) is -0.350. The average molecular weight is 669 g/mol. The van der Waals surface area contributed by atoms with Crippen LogP contribution in [0.3, 0.4) is 0 Å². The molecule has 11 nitrogen and oxygen atoms in total. The summed E-state index contributed by atoms with van der Waals surface area (Å²) in [4.78, 5) is 24.6. The number of hydrogen-bond donors (Lipinski definition) is 4. The van der Waals surface area contributed by atoms with Gasteiger partial charge in [0.2, 0.25) is 0 Å². The maximum absolute atomic E-state index is 12.6. The number of phenols is 3. The van der Waals surface area contributed by atoms with Crippen LogP contribution in [0.25, 0.3) is 18.2 Å². The van der Waals surface area contributed by atoms with Crippen LogP contribution in [0.15, 0.2) is 103 Å². The van der Waals surface area contributed by atoms with Crippen molar-refractivity contribution in [3.8, 4) is 34.5 Å². The number of esters is 2. The summed E-state index contributed by atoms with van der Waals surface area (Å²) >= 11 is 0. The number of methoxy groups -OCH3 is 2. The van der Waals surface area contributed by atoms with Gasteiger partial charge in [-0.2, -0.15) is 0 Å². The van der Waals surface area contributed by atoms with Gasteiger partial charge in [0.25, 0.3) is 0 Å². The molecular formula is C38H36O11. The molecule has 2 atom stereocenters. The van der Waals surface area contributed by atoms with Gasteiger partial charge in [-0.3, -0.25) is 0 Å². The molecule has 0 aromatic heterocycles. The van der Waals surface area contributed by atoms with Gasteiger partial charge < -0.3 is 44.1 Å². The van der Waals surface area contributed by atoms with Crippen molar-refractivity contribution in [2.45, 2.75) is 12.2 Å². The van der Waals surface area contributed by atoms with Crippen molar-refractivity contribution in [1.29, 1.82) is 0 Å². The quantitative estimate of drug-likeness (QED) is 0.0891. The van der Waals surface area contributed by atoms with Crippen LogP contribution in [-0.2, 0) is 19.1 Å². The van der Waals surface area contributed by atoms with Crippen molar-refractivity contribution in [3.05, 3.63) is 125 Å². The highest BCUT2D eigenvalue weighted by atomic mass is 16.6. The topological polar surface area (TPSA) is 161 Å². The van der Waals surface area contributed by atoms with Crippen LogP contribution >= 0.6 is 0 Å². The predicted octanol–water partition coefficient (Wildman–Crippen LogP) is 5.83. The van der Waals surface area contributed by atoms with Crippen molar-refractivity contribution < 1.29 is 53.7 Å². The van der Waals surface area contributed by atoms with Crippen LogP contribution in [-0.4, -0.2) is 65.9 Å². The summed E-state index contributed by atoms with van der Waals surface area (Å²) < 4.78 is 27.5. The van der Waals surface area contributed by atoms with Gasteiger partial charge in [0.1, 0.15) is 30.8 Å². The number of ether oxygens (including phenoxy) is 5. The first-order chi connectivity index (χ1) is 23.6. The summed E-state index contributed by atoms with van der Waals surface area (Å²) in [5.41, 5.74) is 2.43. The number of rotatable bonds is 15. The minimum atomic E-state index is -1.33. The monoisotopic (exact) mass is 668 g/mol. The molecule has 0 spiro atoms. The van der Waals surface area contributed by atoms with Gasteiger partial charge in [-0.1, -0.05) is 42.5 Å². The van der Waals surface area contributed by atoms with Gasteiger partial charge in [-0.05, 0) is 89.0 Å². The van der Waals surface area contributed by atoms with Crippen molar-refractivity contribution in [1.82, 2.24) is 0 Å². The molecule has 0 radical (unpaired) electrons. The number of carbonyl (C=O) groups is 2. The van der Waals surface area contributed by atoms with Crippen molar-refractivity contribution in [3.63, 3.8) is 0 Å². The largest absolute Gasteiger partial charge is 0.508 e. The van der Waals surface area contributed by atoms with Crippen molar-refractivity contribution in [2.24, 2.45) is 0 Å². The normalized spacial score (nSPS) is 12.6. The highest BCUT2D eigenvalue weighted by Gasteiger charge is 2.27. The van der Waals surface area contributed by atoms with Crippen molar-refractivity contribution >= 4 is 30.2 Å². The van der Waals surface area contributed by atoms with Crippen LogP contribution in [0.1, 0.15) is 28.4 Å². The predicted molar refractivity (Wildman–Crippen MR) is 182 cm³/mol. The summed E-state index contributed by atoms with van der Waals surface area (Å²) in [7, 11) is 2.82. The highest BCUT2D eigenvalue weighted by Crippen LogP contribution is 2.34. The number of hydrogen-bond acceptors (Lipinski definition) is 11. The van der Waals surface area contributed by atoms with E-state index in [-0.39, 0.29) is 42.0 Å². The van der Waals surface area contributed by atoms with Gasteiger partial charge in [-0.15, -0.1) is 0 Å². The number of carbonyl (C=O) groups excluding carboxylic acids is 2. The third-order valence-corrected chi connectivity index (χ3v) is 7.00. The molecule has 0 aliphatic carbocycles. The van der Waals surface area contributed by atoms with E-state index in [4.69, 9.17) is 23.7 Å². The summed E-state index contributed by atoms with van der Waals surface area (Å²) in [5, 5.41) is 40.2. The summed E-state index contributed by atoms with van der Waals surface area (Å²) in [5.74, 6) is -0.426. The molecule has 0 saturated carbocycles. The molecule has 0 bridgehead atoms. The minimum absolute atomic E-state index is 0.0102. The molecule has 0 aliphatic heterocycles. The summed E-state index contributed by atoms with van der Waals surface area (Å²) in [6.07, 6.45) is 6.52. The van der Waals surface area contributed by atoms with E-state index in [0.29, 0.717) is 22.4 Å². The first-order valence-corrected chi connectivity index (χ1v) is 15.0. The van der Waals surface area contributed by atoms with E-state index in [2.05, 4.69) is 0 Å². The van der Waals surface area contributed by atoms with Gasteiger partial charge in [0.15, 0.2) is 29.1 Å². The molecular weight excluding hydrogens is 632 g/mol. The zero-order chi connectivity index (χ0) is 35.2. The lowest BCUT2D eigenvalue weighted by Gasteiger charge is -2.25. The highest BCUT2D eigenvalue weighted by molar-refractivity contribution is 5.87. The number of aromatic hydroxyl groups is 3. The summed E-state index contributed by atoms with van der Waals surface area (Å²) in [6, 6.07) is 21.9. The van der Waals surface area contributed by atoms with Gasteiger partial charge in [0, 0.05) is 12.2 Å². The second-order valence-corrected chi connectivity index (χ2v) is 10.5. The fraction of sp³-hybridized carbons (Fsp3) is 0.158. The maximum Gasteiger partial charge on any atom is 0.331 e. The van der Waals surface area contributed by atoms with E-state index in [0.717, 1.165) is 5.56 Å². The first kappa shape index (κ1) is 35.7. The molecule has 0 aliphatic rings. The van der Waals surface area contributed by atoms with Gasteiger partial charge in [0.05, 0.1) is 14.2 Å². The maximum atomic E-state index is 12.6. The number of aliphatic hydroxyl groups excluding tert-OH is 1. The third kappa shape index (κ3) is 10.9. The van der Waals surface area contributed by atoms with E-state index >= 15 is 0 Å². The van der Waals surface area contributed by atoms with Gasteiger partial charge in [-0.25, -0.2) is 9.59 Å². The van der Waals surface area contributed by atoms with E-state index in [9.17, 15) is 30.0 Å². The number of phenolic OH excluding ortho intramolecular Hbond substituents is 3. The Bertz CT molecular complexity index is 1790. The lowest BCUT2D eigenvalue weighted by atomic mass is 10.0. The Kier molecular flexibility index (Phi) is 12.8. The van der Waals surface area contributed by atoms with E-state index in [1.54, 1.807) is 60.7 Å². The molecule has 0 unspecified atom stereocenters. The van der Waals surface area contributed by atoms with E-state index in [1.807, 2.05) is 0 Å². The molecule has 4 aromatic carbocycles. The lowest BCUT2D eigenvalue weighted by molar-refractivity contribution is -0.142. The Balaban J connectivity index is 1.43. The standard InChI is InChI=1S/C38H36O11/c1-45-33-23-28(12-17-31(33)41)38(44)35(24-48-37(43)20-11-26-7-15-30(40)16-8-26)49-32-18-9-27(22-34(32)46-2)4-3-21-47-36(42)19-10-25-5-13-29(39)14-6-25/h3-20,22-23,35,38-41,44H,21,24H2,1-2H3/t35-,38+/m0/s1. The number of aliphatic hydroxyl groups is 1. The second kappa shape index (κ2) is 17.6. The number of benzene rings is 4. The van der Waals surface area contributed by atoms with Crippen LogP contribution in [0.5, 0.6) is 34.5 Å². The molecule has 4 rings (SSSR count). The van der Waals surface area contributed by atoms with Crippen LogP contribution in [0.2, 0.25) is 0 Å². The van der Waals surface area contributed by atoms with Crippen molar-refractivity contribution in [2.75, 3.05) is 27.4 Å². The third-order valence-electron chi connectivity index (χ3n) is 7.00. The Labute approximate surface area is 283 Å². The SMILES string of the molecule is COc1cc([C@@H](O)[C@H](COC(=O)C=Cc2ccc(O)cc2)Oc2ccc(C=CCOC(=O)C=Cc3ccc(O)cc3)cc2OC)ccc1O. The Morgan fingerprint density at radius 3 is 1.82 bits per heavy atom. The molecule has 4 N–H and O–H groups in total. The first-order valence-electron chi connectivity index (χ1n) is 15.0. The molecule has 11 heteroatoms. The smallest absolute Gasteiger partial charge is 0.331 e. The zero-order valence-electron chi connectivity index (χ0n) is 26.8. The second-order valence-electron chi connectivity index (χ2n) is 10.5. The van der Waals surface area contributed by atoms with Crippen LogP contribution in [0, 0.1) is 0 Å². The molecule has 0 fully saturated rings. The molecule has 254 valence electrons. The molecule has 49 heavy (non-hydrogen) atoms. The molecule has 4 aromatic rings. The Morgan fingerprint density at radius 1 is 0.653 bits per heavy atom. The van der Waals surface area contributed by atoms with Crippen LogP contribution in [0.4, 0.5) is 0 Å². The van der Waals surface area contributed by atoms with Gasteiger partial charge >= 0.3 is 11.9 Å². The molecule has 0 saturated heterocycles. The van der Waals surface area contributed by atoms with E-state index in [1.165, 1.54) is 74.9 Å². The minimum Gasteiger partial charge on any atom is -0.508 e.